The Morgan fingerprint density at radius 3 is 2.52 bits per heavy atom. The number of nitrogens with one attached hydrogen (secondary N) is 1. The van der Waals surface area contributed by atoms with E-state index in [0.29, 0.717) is 18.7 Å². The Kier molecular flexibility index (Phi) is 6.48. The molecule has 0 spiro atoms. The average Bonchev–Trinajstić information content (AvgIpc) is 3.13. The van der Waals surface area contributed by atoms with E-state index in [9.17, 15) is 9.90 Å². The van der Waals surface area contributed by atoms with Crippen molar-refractivity contribution in [2.45, 2.75) is 25.5 Å². The first-order valence-electron chi connectivity index (χ1n) is 9.65. The molecule has 2 aromatic rings. The quantitative estimate of drug-likeness (QED) is 0.790. The van der Waals surface area contributed by atoms with Gasteiger partial charge in [-0.1, -0.05) is 30.3 Å². The van der Waals surface area contributed by atoms with E-state index >= 15 is 0 Å². The number of benzene rings is 2. The van der Waals surface area contributed by atoms with E-state index in [1.807, 2.05) is 37.3 Å². The van der Waals surface area contributed by atoms with Crippen LogP contribution < -0.4 is 10.2 Å². The summed E-state index contributed by atoms with van der Waals surface area (Å²) in [7, 11) is 2.07. The monoisotopic (exact) mass is 367 g/mol. The summed E-state index contributed by atoms with van der Waals surface area (Å²) >= 11 is 0. The van der Waals surface area contributed by atoms with Crippen LogP contribution in [-0.4, -0.2) is 55.2 Å². The largest absolute Gasteiger partial charge is 0.392 e. The van der Waals surface area contributed by atoms with Crippen molar-refractivity contribution in [3.05, 3.63) is 65.7 Å². The SMILES string of the molecule is CCNC(=O)c1ccc(N(C)C[C@@H](c2ccccc2)N2CC[C@H](O)C2)cc1. The number of anilines is 1. The average molecular weight is 367 g/mol. The van der Waals surface area contributed by atoms with E-state index in [2.05, 4.69) is 46.4 Å². The van der Waals surface area contributed by atoms with Crippen LogP contribution in [0, 0.1) is 0 Å². The number of carbonyl (C=O) groups excluding carboxylic acids is 1. The normalized spacial score (nSPS) is 18.3. The number of amides is 1. The molecular weight excluding hydrogens is 338 g/mol. The summed E-state index contributed by atoms with van der Waals surface area (Å²) in [6.45, 7) is 4.98. The molecule has 5 heteroatoms. The zero-order valence-corrected chi connectivity index (χ0v) is 16.1. The topological polar surface area (TPSA) is 55.8 Å². The molecule has 0 aliphatic carbocycles. The Morgan fingerprint density at radius 1 is 1.22 bits per heavy atom. The lowest BCUT2D eigenvalue weighted by Gasteiger charge is -2.33. The second-order valence-corrected chi connectivity index (χ2v) is 7.15. The third-order valence-electron chi connectivity index (χ3n) is 5.17. The van der Waals surface area contributed by atoms with Crippen molar-refractivity contribution in [1.29, 1.82) is 0 Å². The summed E-state index contributed by atoms with van der Waals surface area (Å²) in [5.74, 6) is -0.0417. The van der Waals surface area contributed by atoms with Crippen LogP contribution >= 0.6 is 0 Å². The van der Waals surface area contributed by atoms with Crippen LogP contribution in [0.15, 0.2) is 54.6 Å². The molecule has 0 bridgehead atoms. The molecule has 0 unspecified atom stereocenters. The lowest BCUT2D eigenvalue weighted by molar-refractivity contribution is 0.0956. The summed E-state index contributed by atoms with van der Waals surface area (Å²) in [4.78, 5) is 16.5. The second-order valence-electron chi connectivity index (χ2n) is 7.15. The molecule has 1 amide bonds. The van der Waals surface area contributed by atoms with Crippen LogP contribution in [0.5, 0.6) is 0 Å². The predicted octanol–water partition coefficient (Wildman–Crippen LogP) is 2.68. The van der Waals surface area contributed by atoms with E-state index in [0.717, 1.165) is 25.2 Å². The van der Waals surface area contributed by atoms with Crippen LogP contribution in [-0.2, 0) is 0 Å². The molecule has 1 heterocycles. The summed E-state index contributed by atoms with van der Waals surface area (Å²) in [5, 5.41) is 12.8. The number of β-amino-alcohol motifs (C(OH)–C–C–N with tert-alkyl or cyclic N) is 1. The van der Waals surface area contributed by atoms with E-state index in [1.54, 1.807) is 0 Å². The van der Waals surface area contributed by atoms with E-state index in [-0.39, 0.29) is 18.1 Å². The molecule has 0 aromatic heterocycles. The highest BCUT2D eigenvalue weighted by Crippen LogP contribution is 2.27. The second kappa shape index (κ2) is 9.02. The number of hydrogen-bond acceptors (Lipinski definition) is 4. The van der Waals surface area contributed by atoms with Gasteiger partial charge in [0.15, 0.2) is 0 Å². The first kappa shape index (κ1) is 19.4. The molecule has 1 saturated heterocycles. The molecule has 5 nitrogen and oxygen atoms in total. The zero-order valence-electron chi connectivity index (χ0n) is 16.1. The van der Waals surface area contributed by atoms with Gasteiger partial charge < -0.3 is 15.3 Å². The van der Waals surface area contributed by atoms with Crippen LogP contribution in [0.2, 0.25) is 0 Å². The van der Waals surface area contributed by atoms with E-state index < -0.39 is 0 Å². The number of likely N-dealkylation sites (tertiary alicyclic amines) is 1. The first-order valence-corrected chi connectivity index (χ1v) is 9.65. The predicted molar refractivity (Wildman–Crippen MR) is 109 cm³/mol. The Bertz CT molecular complexity index is 733. The molecule has 144 valence electrons. The fourth-order valence-electron chi connectivity index (χ4n) is 3.65. The highest BCUT2D eigenvalue weighted by Gasteiger charge is 2.29. The third kappa shape index (κ3) is 4.87. The molecule has 3 rings (SSSR count). The minimum Gasteiger partial charge on any atom is -0.392 e. The van der Waals surface area contributed by atoms with Gasteiger partial charge in [0.25, 0.3) is 5.91 Å². The number of rotatable bonds is 7. The molecule has 2 atom stereocenters. The van der Waals surface area contributed by atoms with Crippen LogP contribution in [0.4, 0.5) is 5.69 Å². The molecule has 2 N–H and O–H groups in total. The Balaban J connectivity index is 1.74. The standard InChI is InChI=1S/C22H29N3O2/c1-3-23-22(27)18-9-11-19(12-10-18)24(2)16-21(17-7-5-4-6-8-17)25-14-13-20(26)15-25/h4-12,20-21,26H,3,13-16H2,1-2H3,(H,23,27)/t20-,21-/m0/s1. The summed E-state index contributed by atoms with van der Waals surface area (Å²) in [5.41, 5.74) is 3.01. The fourth-order valence-corrected chi connectivity index (χ4v) is 3.65. The maximum absolute atomic E-state index is 11.9. The van der Waals surface area contributed by atoms with Crippen molar-refractivity contribution in [2.24, 2.45) is 0 Å². The third-order valence-corrected chi connectivity index (χ3v) is 5.17. The van der Waals surface area contributed by atoms with Crippen molar-refractivity contribution < 1.29 is 9.90 Å². The lowest BCUT2D eigenvalue weighted by atomic mass is 10.0. The summed E-state index contributed by atoms with van der Waals surface area (Å²) in [6, 6.07) is 18.4. The van der Waals surface area contributed by atoms with Crippen molar-refractivity contribution in [3.63, 3.8) is 0 Å². The van der Waals surface area contributed by atoms with Crippen LogP contribution in [0.3, 0.4) is 0 Å². The van der Waals surface area contributed by atoms with Gasteiger partial charge in [0.2, 0.25) is 0 Å². The number of carbonyl (C=O) groups is 1. The molecule has 0 radical (unpaired) electrons. The molecule has 0 saturated carbocycles. The number of nitrogens with zero attached hydrogens (tertiary/aromatic N) is 2. The molecule has 2 aromatic carbocycles. The fraction of sp³-hybridized carbons (Fsp3) is 0.409. The highest BCUT2D eigenvalue weighted by atomic mass is 16.3. The highest BCUT2D eigenvalue weighted by molar-refractivity contribution is 5.94. The number of aliphatic hydroxyl groups excluding tert-OH is 1. The minimum atomic E-state index is -0.238. The number of aliphatic hydroxyl groups is 1. The Labute approximate surface area is 161 Å². The van der Waals surface area contributed by atoms with Gasteiger partial charge in [-0.15, -0.1) is 0 Å². The maximum Gasteiger partial charge on any atom is 0.251 e. The molecule has 27 heavy (non-hydrogen) atoms. The Morgan fingerprint density at radius 2 is 1.93 bits per heavy atom. The molecule has 1 aliphatic rings. The first-order chi connectivity index (χ1) is 13.1. The van der Waals surface area contributed by atoms with Gasteiger partial charge in [-0.3, -0.25) is 9.69 Å². The van der Waals surface area contributed by atoms with Crippen LogP contribution in [0.25, 0.3) is 0 Å². The van der Waals surface area contributed by atoms with Crippen LogP contribution in [0.1, 0.15) is 35.3 Å². The van der Waals surface area contributed by atoms with Crippen molar-refractivity contribution in [3.8, 4) is 0 Å². The van der Waals surface area contributed by atoms with Gasteiger partial charge in [0.1, 0.15) is 0 Å². The number of likely N-dealkylation sites (N-methyl/N-ethyl adjacent to an activating group) is 1. The Hall–Kier alpha value is -2.37. The molecular formula is C22H29N3O2. The van der Waals surface area contributed by atoms with Gasteiger partial charge in [-0.25, -0.2) is 0 Å². The van der Waals surface area contributed by atoms with Crippen molar-refractivity contribution in [2.75, 3.05) is 38.1 Å². The van der Waals surface area contributed by atoms with Crippen molar-refractivity contribution >= 4 is 11.6 Å². The van der Waals surface area contributed by atoms with E-state index in [1.165, 1.54) is 5.56 Å². The maximum atomic E-state index is 11.9. The van der Waals surface area contributed by atoms with Crippen molar-refractivity contribution in [1.82, 2.24) is 10.2 Å². The smallest absolute Gasteiger partial charge is 0.251 e. The van der Waals surface area contributed by atoms with E-state index in [4.69, 9.17) is 0 Å². The van der Waals surface area contributed by atoms with Gasteiger partial charge >= 0.3 is 0 Å². The molecule has 1 aliphatic heterocycles. The summed E-state index contributed by atoms with van der Waals surface area (Å²) in [6.07, 6.45) is 0.590. The lowest BCUT2D eigenvalue weighted by Crippen LogP contribution is -2.36. The zero-order chi connectivity index (χ0) is 19.2. The minimum absolute atomic E-state index is 0.0417. The van der Waals surface area contributed by atoms with Gasteiger partial charge in [0, 0.05) is 44.5 Å². The molecule has 1 fully saturated rings. The van der Waals surface area contributed by atoms with Gasteiger partial charge in [0.05, 0.1) is 12.1 Å². The van der Waals surface area contributed by atoms with Gasteiger partial charge in [-0.2, -0.15) is 0 Å². The number of hydrogen-bond donors (Lipinski definition) is 2. The van der Waals surface area contributed by atoms with Gasteiger partial charge in [-0.05, 0) is 43.2 Å². The summed E-state index contributed by atoms with van der Waals surface area (Å²) < 4.78 is 0.